The van der Waals surface area contributed by atoms with Crippen LogP contribution in [0, 0.1) is 13.8 Å². The molecular formula is C13H20N4S2. The maximum atomic E-state index is 5.83. The summed E-state index contributed by atoms with van der Waals surface area (Å²) in [5.74, 6) is 0.738. The zero-order chi connectivity index (χ0) is 14.0. The van der Waals surface area contributed by atoms with Gasteiger partial charge in [0, 0.05) is 11.3 Å². The summed E-state index contributed by atoms with van der Waals surface area (Å²) in [4.78, 5) is 0.386. The standard InChI is InChI=1S/C13H20N4S2/c1-7-8(2)16-17-13(11(7)12(14)18)15-9-4-5-10(6-9)19-3/h9-10H,4-6H2,1-3H3,(H2,14,18)(H,15,17). The number of aryl methyl sites for hydroxylation is 1. The predicted octanol–water partition coefficient (Wildman–Crippen LogP) is 2.42. The first-order valence-corrected chi connectivity index (χ1v) is 8.15. The normalized spacial score (nSPS) is 22.5. The lowest BCUT2D eigenvalue weighted by Crippen LogP contribution is -2.23. The van der Waals surface area contributed by atoms with Crippen LogP contribution in [-0.2, 0) is 0 Å². The maximum absolute atomic E-state index is 5.83. The molecule has 0 radical (unpaired) electrons. The van der Waals surface area contributed by atoms with Crippen molar-refractivity contribution in [2.75, 3.05) is 11.6 Å². The van der Waals surface area contributed by atoms with Crippen LogP contribution in [-0.4, -0.2) is 32.7 Å². The molecule has 0 amide bonds. The van der Waals surface area contributed by atoms with Crippen molar-refractivity contribution < 1.29 is 0 Å². The number of hydrogen-bond donors (Lipinski definition) is 2. The van der Waals surface area contributed by atoms with Gasteiger partial charge in [-0.15, -0.1) is 5.10 Å². The van der Waals surface area contributed by atoms with E-state index in [0.717, 1.165) is 40.7 Å². The molecule has 4 nitrogen and oxygen atoms in total. The molecule has 1 saturated carbocycles. The van der Waals surface area contributed by atoms with E-state index >= 15 is 0 Å². The zero-order valence-electron chi connectivity index (χ0n) is 11.6. The lowest BCUT2D eigenvalue weighted by atomic mass is 10.1. The Bertz CT molecular complexity index is 490. The van der Waals surface area contributed by atoms with E-state index in [4.69, 9.17) is 18.0 Å². The molecule has 104 valence electrons. The Balaban J connectivity index is 2.21. The van der Waals surface area contributed by atoms with Gasteiger partial charge in [-0.25, -0.2) is 0 Å². The number of thioether (sulfide) groups is 1. The van der Waals surface area contributed by atoms with Crippen molar-refractivity contribution in [1.82, 2.24) is 10.2 Å². The molecule has 0 bridgehead atoms. The molecule has 0 aliphatic heterocycles. The summed E-state index contributed by atoms with van der Waals surface area (Å²) in [6.07, 6.45) is 5.74. The monoisotopic (exact) mass is 296 g/mol. The van der Waals surface area contributed by atoms with Crippen molar-refractivity contribution in [2.24, 2.45) is 5.73 Å². The summed E-state index contributed by atoms with van der Waals surface area (Å²) in [5, 5.41) is 12.6. The number of thiocarbonyl (C=S) groups is 1. The van der Waals surface area contributed by atoms with Crippen molar-refractivity contribution in [3.63, 3.8) is 0 Å². The molecule has 1 heterocycles. The minimum absolute atomic E-state index is 0.386. The second-order valence-electron chi connectivity index (χ2n) is 5.01. The Morgan fingerprint density at radius 2 is 2.11 bits per heavy atom. The summed E-state index contributed by atoms with van der Waals surface area (Å²) in [6.45, 7) is 3.91. The number of aromatic nitrogens is 2. The average Bonchev–Trinajstić information content (AvgIpc) is 2.81. The number of anilines is 1. The Kier molecular flexibility index (Phi) is 4.62. The lowest BCUT2D eigenvalue weighted by Gasteiger charge is -2.17. The molecule has 2 rings (SSSR count). The molecule has 1 aromatic heterocycles. The Labute approximate surface area is 123 Å². The Morgan fingerprint density at radius 1 is 1.37 bits per heavy atom. The number of hydrogen-bond acceptors (Lipinski definition) is 5. The van der Waals surface area contributed by atoms with Gasteiger partial charge in [-0.3, -0.25) is 0 Å². The highest BCUT2D eigenvalue weighted by Crippen LogP contribution is 2.31. The number of nitrogens with zero attached hydrogens (tertiary/aromatic N) is 2. The molecule has 6 heteroatoms. The second kappa shape index (κ2) is 6.05. The first-order chi connectivity index (χ1) is 9.02. The molecule has 2 unspecified atom stereocenters. The molecule has 1 aromatic rings. The van der Waals surface area contributed by atoms with Gasteiger partial charge in [-0.1, -0.05) is 12.2 Å². The SMILES string of the molecule is CSC1CCC(Nc2nnc(C)c(C)c2C(N)=S)C1. The van der Waals surface area contributed by atoms with Crippen molar-refractivity contribution in [3.05, 3.63) is 16.8 Å². The molecule has 1 aliphatic rings. The Hall–Kier alpha value is -0.880. The highest BCUT2D eigenvalue weighted by Gasteiger charge is 2.25. The first-order valence-electron chi connectivity index (χ1n) is 6.46. The van der Waals surface area contributed by atoms with Gasteiger partial charge < -0.3 is 11.1 Å². The van der Waals surface area contributed by atoms with E-state index in [-0.39, 0.29) is 0 Å². The van der Waals surface area contributed by atoms with Gasteiger partial charge >= 0.3 is 0 Å². The molecule has 0 saturated heterocycles. The van der Waals surface area contributed by atoms with E-state index in [9.17, 15) is 0 Å². The minimum Gasteiger partial charge on any atom is -0.389 e. The van der Waals surface area contributed by atoms with Gasteiger partial charge in [0.2, 0.25) is 0 Å². The lowest BCUT2D eigenvalue weighted by molar-refractivity contribution is 0.745. The Morgan fingerprint density at radius 3 is 2.68 bits per heavy atom. The highest BCUT2D eigenvalue weighted by molar-refractivity contribution is 7.99. The van der Waals surface area contributed by atoms with E-state index in [1.807, 2.05) is 25.6 Å². The molecule has 2 atom stereocenters. The van der Waals surface area contributed by atoms with Crippen LogP contribution in [0.3, 0.4) is 0 Å². The van der Waals surface area contributed by atoms with E-state index in [1.165, 1.54) is 6.42 Å². The van der Waals surface area contributed by atoms with Crippen molar-refractivity contribution in [1.29, 1.82) is 0 Å². The van der Waals surface area contributed by atoms with Crippen LogP contribution in [0.15, 0.2) is 0 Å². The van der Waals surface area contributed by atoms with Crippen LogP contribution < -0.4 is 11.1 Å². The van der Waals surface area contributed by atoms with Crippen LogP contribution in [0.25, 0.3) is 0 Å². The average molecular weight is 296 g/mol. The summed E-state index contributed by atoms with van der Waals surface area (Å²) in [7, 11) is 0. The maximum Gasteiger partial charge on any atom is 0.159 e. The molecule has 1 aliphatic carbocycles. The molecule has 3 N–H and O–H groups in total. The van der Waals surface area contributed by atoms with Gasteiger partial charge in [-0.2, -0.15) is 16.9 Å². The largest absolute Gasteiger partial charge is 0.389 e. The first kappa shape index (κ1) is 14.5. The third kappa shape index (κ3) is 3.17. The van der Waals surface area contributed by atoms with E-state index < -0.39 is 0 Å². The quantitative estimate of drug-likeness (QED) is 0.832. The molecule has 19 heavy (non-hydrogen) atoms. The molecule has 0 aromatic carbocycles. The van der Waals surface area contributed by atoms with Gasteiger partial charge in [0.1, 0.15) is 4.99 Å². The van der Waals surface area contributed by atoms with Crippen molar-refractivity contribution >= 4 is 34.8 Å². The summed E-state index contributed by atoms with van der Waals surface area (Å²) in [5.41, 5.74) is 8.57. The van der Waals surface area contributed by atoms with E-state index in [1.54, 1.807) is 0 Å². The smallest absolute Gasteiger partial charge is 0.159 e. The van der Waals surface area contributed by atoms with Crippen LogP contribution in [0.4, 0.5) is 5.82 Å². The van der Waals surface area contributed by atoms with Gasteiger partial charge in [0.25, 0.3) is 0 Å². The second-order valence-corrected chi connectivity index (χ2v) is 6.59. The van der Waals surface area contributed by atoms with E-state index in [2.05, 4.69) is 21.8 Å². The van der Waals surface area contributed by atoms with Crippen LogP contribution >= 0.6 is 24.0 Å². The molecule has 1 fully saturated rings. The number of nitrogens with one attached hydrogen (secondary N) is 1. The van der Waals surface area contributed by atoms with Crippen LogP contribution in [0.5, 0.6) is 0 Å². The van der Waals surface area contributed by atoms with Gasteiger partial charge in [0.05, 0.1) is 11.3 Å². The third-order valence-electron chi connectivity index (χ3n) is 3.76. The van der Waals surface area contributed by atoms with Crippen LogP contribution in [0.2, 0.25) is 0 Å². The summed E-state index contributed by atoms with van der Waals surface area (Å²) in [6, 6.07) is 0.446. The summed E-state index contributed by atoms with van der Waals surface area (Å²) >= 11 is 7.09. The van der Waals surface area contributed by atoms with Crippen molar-refractivity contribution in [3.8, 4) is 0 Å². The fourth-order valence-electron chi connectivity index (χ4n) is 2.49. The third-order valence-corrected chi connectivity index (χ3v) is 5.06. The minimum atomic E-state index is 0.386. The summed E-state index contributed by atoms with van der Waals surface area (Å²) < 4.78 is 0. The van der Waals surface area contributed by atoms with Gasteiger partial charge in [-0.05, 0) is 44.9 Å². The predicted molar refractivity (Wildman–Crippen MR) is 86.0 cm³/mol. The van der Waals surface area contributed by atoms with Gasteiger partial charge in [0.15, 0.2) is 5.82 Å². The topological polar surface area (TPSA) is 63.8 Å². The van der Waals surface area contributed by atoms with Crippen molar-refractivity contribution in [2.45, 2.75) is 44.4 Å². The molecule has 0 spiro atoms. The van der Waals surface area contributed by atoms with Crippen LogP contribution in [0.1, 0.15) is 36.1 Å². The highest BCUT2D eigenvalue weighted by atomic mass is 32.2. The molecular weight excluding hydrogens is 276 g/mol. The zero-order valence-corrected chi connectivity index (χ0v) is 13.2. The fraction of sp³-hybridized carbons (Fsp3) is 0.615. The van der Waals surface area contributed by atoms with E-state index in [0.29, 0.717) is 11.0 Å². The fourth-order valence-corrected chi connectivity index (χ4v) is 3.54. The number of rotatable bonds is 4. The number of nitrogens with two attached hydrogens (primary N) is 1.